The Morgan fingerprint density at radius 2 is 1.56 bits per heavy atom. The Hall–Kier alpha value is -3.41. The largest absolute Gasteiger partial charge is 0.493 e. The van der Waals surface area contributed by atoms with Crippen molar-refractivity contribution in [1.29, 1.82) is 0 Å². The number of nitrogens with zero attached hydrogens (tertiary/aromatic N) is 1. The molecule has 0 spiro atoms. The van der Waals surface area contributed by atoms with Crippen LogP contribution in [-0.2, 0) is 9.53 Å². The van der Waals surface area contributed by atoms with Gasteiger partial charge in [0, 0.05) is 16.4 Å². The molecule has 36 heavy (non-hydrogen) atoms. The zero-order valence-electron chi connectivity index (χ0n) is 20.8. The van der Waals surface area contributed by atoms with Crippen LogP contribution < -0.4 is 9.47 Å². The fourth-order valence-corrected chi connectivity index (χ4v) is 7.30. The summed E-state index contributed by atoms with van der Waals surface area (Å²) in [5, 5.41) is 0.703. The first-order chi connectivity index (χ1) is 17.5. The van der Waals surface area contributed by atoms with E-state index in [0.29, 0.717) is 51.4 Å². The van der Waals surface area contributed by atoms with E-state index >= 15 is 0 Å². The standard InChI is InChI=1S/C30H31NO5/c1-34-26-8-7-21(12-27(26)35-2)25-13-23(22-5-3-4-6-24(22)31-25)29(33)36-17-28(32)30-14-18-9-19(15-30)11-20(10-18)16-30/h3-8,12-13,18-20H,9-11,14-17H2,1-2H3. The van der Waals surface area contributed by atoms with Crippen molar-refractivity contribution in [1.82, 2.24) is 4.98 Å². The summed E-state index contributed by atoms with van der Waals surface area (Å²) in [5.74, 6) is 2.82. The second-order valence-electron chi connectivity index (χ2n) is 10.8. The van der Waals surface area contributed by atoms with Gasteiger partial charge in [0.25, 0.3) is 0 Å². The highest BCUT2D eigenvalue weighted by Gasteiger charge is 2.54. The Morgan fingerprint density at radius 1 is 0.889 bits per heavy atom. The number of esters is 1. The van der Waals surface area contributed by atoms with Gasteiger partial charge in [-0.25, -0.2) is 9.78 Å². The second-order valence-corrected chi connectivity index (χ2v) is 10.8. The first-order valence-corrected chi connectivity index (χ1v) is 12.8. The minimum Gasteiger partial charge on any atom is -0.493 e. The summed E-state index contributed by atoms with van der Waals surface area (Å²) in [5.41, 5.74) is 2.22. The van der Waals surface area contributed by atoms with Gasteiger partial charge in [-0.3, -0.25) is 4.79 Å². The summed E-state index contributed by atoms with van der Waals surface area (Å²) in [7, 11) is 3.17. The second kappa shape index (κ2) is 8.91. The van der Waals surface area contributed by atoms with Gasteiger partial charge in [-0.2, -0.15) is 0 Å². The smallest absolute Gasteiger partial charge is 0.339 e. The normalized spacial score (nSPS) is 26.1. The van der Waals surface area contributed by atoms with Crippen molar-refractivity contribution in [2.45, 2.75) is 38.5 Å². The number of rotatable bonds is 7. The predicted molar refractivity (Wildman–Crippen MR) is 136 cm³/mol. The molecular formula is C30H31NO5. The number of para-hydroxylation sites is 1. The molecule has 0 aliphatic heterocycles. The van der Waals surface area contributed by atoms with Crippen molar-refractivity contribution in [3.8, 4) is 22.8 Å². The topological polar surface area (TPSA) is 74.7 Å². The van der Waals surface area contributed by atoms with E-state index in [1.165, 1.54) is 19.3 Å². The number of ketones is 1. The minimum absolute atomic E-state index is 0.105. The summed E-state index contributed by atoms with van der Waals surface area (Å²) in [6, 6.07) is 14.8. The highest BCUT2D eigenvalue weighted by Crippen LogP contribution is 2.60. The molecule has 0 unspecified atom stereocenters. The Balaban J connectivity index is 1.27. The molecule has 7 rings (SSSR count). The van der Waals surface area contributed by atoms with E-state index in [2.05, 4.69) is 0 Å². The lowest BCUT2D eigenvalue weighted by Crippen LogP contribution is -2.51. The Kier molecular flexibility index (Phi) is 5.70. The van der Waals surface area contributed by atoms with Crippen LogP contribution in [0.4, 0.5) is 0 Å². The molecule has 4 aliphatic carbocycles. The quantitative estimate of drug-likeness (QED) is 0.390. The van der Waals surface area contributed by atoms with Crippen LogP contribution in [0.5, 0.6) is 11.5 Å². The van der Waals surface area contributed by atoms with E-state index in [9.17, 15) is 9.59 Å². The first kappa shape index (κ1) is 23.0. The Morgan fingerprint density at radius 3 is 2.22 bits per heavy atom. The predicted octanol–water partition coefficient (Wildman–Crippen LogP) is 5.86. The molecule has 0 radical (unpaired) electrons. The van der Waals surface area contributed by atoms with Crippen LogP contribution in [0, 0.1) is 23.2 Å². The fourth-order valence-electron chi connectivity index (χ4n) is 7.30. The molecule has 2 aromatic carbocycles. The van der Waals surface area contributed by atoms with Gasteiger partial charge in [-0.05, 0) is 86.6 Å². The monoisotopic (exact) mass is 485 g/mol. The molecule has 6 heteroatoms. The van der Waals surface area contributed by atoms with E-state index < -0.39 is 5.97 Å². The molecule has 4 bridgehead atoms. The maximum atomic E-state index is 13.4. The van der Waals surface area contributed by atoms with Crippen LogP contribution in [0.15, 0.2) is 48.5 Å². The van der Waals surface area contributed by atoms with Gasteiger partial charge in [0.1, 0.15) is 0 Å². The Bertz CT molecular complexity index is 1310. The van der Waals surface area contributed by atoms with Gasteiger partial charge in [-0.15, -0.1) is 0 Å². The molecular weight excluding hydrogens is 454 g/mol. The molecule has 0 atom stereocenters. The molecule has 3 aromatic rings. The number of methoxy groups -OCH3 is 2. The number of carbonyl (C=O) groups is 2. The highest BCUT2D eigenvalue weighted by molar-refractivity contribution is 6.05. The maximum absolute atomic E-state index is 13.4. The maximum Gasteiger partial charge on any atom is 0.339 e. The van der Waals surface area contributed by atoms with E-state index in [1.807, 2.05) is 42.5 Å². The molecule has 0 amide bonds. The summed E-state index contributed by atoms with van der Waals surface area (Å²) < 4.78 is 16.5. The third-order valence-electron chi connectivity index (χ3n) is 8.58. The van der Waals surface area contributed by atoms with Crippen molar-refractivity contribution in [2.24, 2.45) is 23.2 Å². The number of pyridine rings is 1. The SMILES string of the molecule is COc1ccc(-c2cc(C(=O)OCC(=O)C34CC5CC(CC(C5)C3)C4)c3ccccc3n2)cc1OC. The van der Waals surface area contributed by atoms with Crippen LogP contribution in [0.1, 0.15) is 48.9 Å². The van der Waals surface area contributed by atoms with Crippen LogP contribution in [-0.4, -0.2) is 37.6 Å². The Labute approximate surface area is 211 Å². The van der Waals surface area contributed by atoms with Gasteiger partial charge in [0.15, 0.2) is 23.9 Å². The van der Waals surface area contributed by atoms with Crippen LogP contribution in [0.3, 0.4) is 0 Å². The number of hydrogen-bond acceptors (Lipinski definition) is 6. The minimum atomic E-state index is -0.492. The van der Waals surface area contributed by atoms with Gasteiger partial charge in [0.2, 0.25) is 0 Å². The average Bonchev–Trinajstić information content (AvgIpc) is 2.89. The zero-order valence-corrected chi connectivity index (χ0v) is 20.8. The number of benzene rings is 2. The van der Waals surface area contributed by atoms with Crippen molar-refractivity contribution in [3.63, 3.8) is 0 Å². The molecule has 1 heterocycles. The fraction of sp³-hybridized carbons (Fsp3) is 0.433. The van der Waals surface area contributed by atoms with Crippen LogP contribution >= 0.6 is 0 Å². The average molecular weight is 486 g/mol. The van der Waals surface area contributed by atoms with Gasteiger partial charge in [-0.1, -0.05) is 18.2 Å². The third kappa shape index (κ3) is 3.93. The number of ether oxygens (including phenoxy) is 3. The van der Waals surface area contributed by atoms with E-state index in [-0.39, 0.29) is 17.8 Å². The van der Waals surface area contributed by atoms with E-state index in [0.717, 1.165) is 24.8 Å². The highest BCUT2D eigenvalue weighted by atomic mass is 16.5. The number of aromatic nitrogens is 1. The summed E-state index contributed by atoms with van der Waals surface area (Å²) in [4.78, 5) is 31.5. The van der Waals surface area contributed by atoms with Crippen molar-refractivity contribution in [3.05, 3.63) is 54.1 Å². The molecule has 186 valence electrons. The molecule has 6 nitrogen and oxygen atoms in total. The third-order valence-corrected chi connectivity index (χ3v) is 8.58. The van der Waals surface area contributed by atoms with E-state index in [4.69, 9.17) is 19.2 Å². The number of carbonyl (C=O) groups excluding carboxylic acids is 2. The molecule has 1 aromatic heterocycles. The summed E-state index contributed by atoms with van der Waals surface area (Å²) in [6.07, 6.45) is 6.72. The molecule has 4 fully saturated rings. The number of hydrogen-bond donors (Lipinski definition) is 0. The van der Waals surface area contributed by atoms with Crippen LogP contribution in [0.2, 0.25) is 0 Å². The van der Waals surface area contributed by atoms with Crippen LogP contribution in [0.25, 0.3) is 22.2 Å². The molecule has 4 aliphatic rings. The summed E-state index contributed by atoms with van der Waals surface area (Å²) >= 11 is 0. The lowest BCUT2D eigenvalue weighted by atomic mass is 9.48. The molecule has 0 N–H and O–H groups in total. The van der Waals surface area contributed by atoms with E-state index in [1.54, 1.807) is 20.3 Å². The number of Topliss-reactive ketones (excluding diaryl/α,β-unsaturated/α-hetero) is 1. The van der Waals surface area contributed by atoms with Gasteiger partial charge in [0.05, 0.1) is 31.0 Å². The van der Waals surface area contributed by atoms with Crippen molar-refractivity contribution in [2.75, 3.05) is 20.8 Å². The zero-order chi connectivity index (χ0) is 24.9. The van der Waals surface area contributed by atoms with Crippen molar-refractivity contribution >= 4 is 22.7 Å². The lowest BCUT2D eigenvalue weighted by molar-refractivity contribution is -0.147. The van der Waals surface area contributed by atoms with Gasteiger partial charge < -0.3 is 14.2 Å². The molecule has 4 saturated carbocycles. The van der Waals surface area contributed by atoms with Crippen molar-refractivity contribution < 1.29 is 23.8 Å². The summed E-state index contributed by atoms with van der Waals surface area (Å²) in [6.45, 7) is -0.159. The lowest BCUT2D eigenvalue weighted by Gasteiger charge is -2.55. The molecule has 0 saturated heterocycles. The van der Waals surface area contributed by atoms with Gasteiger partial charge >= 0.3 is 5.97 Å². The number of fused-ring (bicyclic) bond motifs is 1. The first-order valence-electron chi connectivity index (χ1n) is 12.8.